The lowest BCUT2D eigenvalue weighted by Gasteiger charge is -2.10. The second-order valence-corrected chi connectivity index (χ2v) is 6.47. The van der Waals surface area contributed by atoms with E-state index in [1.807, 2.05) is 31.2 Å². The first-order chi connectivity index (χ1) is 13.1. The van der Waals surface area contributed by atoms with Crippen LogP contribution >= 0.6 is 11.6 Å². The molecular weight excluding hydrogens is 366 g/mol. The number of hydrogen-bond donors (Lipinski definition) is 1. The number of hydrogen-bond acceptors (Lipinski definition) is 4. The average Bonchev–Trinajstić information content (AvgIpc) is 3.05. The van der Waals surface area contributed by atoms with Crippen LogP contribution in [0.1, 0.15) is 28.7 Å². The van der Waals surface area contributed by atoms with Crippen LogP contribution in [0.3, 0.4) is 0 Å². The number of fused-ring (bicyclic) bond motifs is 1. The first kappa shape index (κ1) is 19.0. The van der Waals surface area contributed by atoms with E-state index < -0.39 is 0 Å². The third kappa shape index (κ3) is 4.01. The van der Waals surface area contributed by atoms with Crippen LogP contribution in [0.5, 0.6) is 11.5 Å². The van der Waals surface area contributed by atoms with E-state index in [1.54, 1.807) is 30.9 Å². The number of carbonyl (C=O) groups is 1. The highest BCUT2D eigenvalue weighted by Crippen LogP contribution is 2.27. The lowest BCUT2D eigenvalue weighted by Crippen LogP contribution is -2.27. The van der Waals surface area contributed by atoms with Gasteiger partial charge in [-0.1, -0.05) is 24.6 Å². The van der Waals surface area contributed by atoms with Gasteiger partial charge in [0.1, 0.15) is 11.3 Å². The molecule has 0 aliphatic carbocycles. The average molecular weight is 388 g/mol. The van der Waals surface area contributed by atoms with Crippen molar-refractivity contribution < 1.29 is 14.3 Å². The maximum absolute atomic E-state index is 12.8. The van der Waals surface area contributed by atoms with Crippen LogP contribution in [-0.4, -0.2) is 36.1 Å². The van der Waals surface area contributed by atoms with Gasteiger partial charge in [0.25, 0.3) is 5.91 Å². The Kier molecular flexibility index (Phi) is 5.86. The number of amides is 1. The molecular formula is C20H22ClN3O3. The number of aromatic nitrogens is 2. The zero-order valence-electron chi connectivity index (χ0n) is 15.6. The molecule has 142 valence electrons. The molecule has 27 heavy (non-hydrogen) atoms. The molecule has 3 aromatic rings. The fourth-order valence-corrected chi connectivity index (χ4v) is 3.16. The molecule has 2 aromatic heterocycles. The predicted molar refractivity (Wildman–Crippen MR) is 105 cm³/mol. The Bertz CT molecular complexity index is 969. The smallest absolute Gasteiger partial charge is 0.270 e. The molecule has 0 spiro atoms. The highest BCUT2D eigenvalue weighted by molar-refractivity contribution is 6.30. The predicted octanol–water partition coefficient (Wildman–Crippen LogP) is 3.54. The lowest BCUT2D eigenvalue weighted by molar-refractivity contribution is 0.0947. The molecule has 0 fully saturated rings. The second-order valence-electron chi connectivity index (χ2n) is 6.03. The number of methoxy groups -OCH3 is 2. The molecule has 1 N–H and O–H groups in total. The molecule has 1 aromatic carbocycles. The quantitative estimate of drug-likeness (QED) is 0.673. The number of nitrogens with zero attached hydrogens (tertiary/aromatic N) is 2. The summed E-state index contributed by atoms with van der Waals surface area (Å²) in [6.45, 7) is 2.47. The molecule has 0 bridgehead atoms. The molecule has 1 amide bonds. The Morgan fingerprint density at radius 1 is 1.19 bits per heavy atom. The van der Waals surface area contributed by atoms with Crippen LogP contribution in [0.2, 0.25) is 5.02 Å². The van der Waals surface area contributed by atoms with Crippen molar-refractivity contribution in [3.63, 3.8) is 0 Å². The minimum atomic E-state index is -0.165. The molecule has 0 saturated carbocycles. The topological polar surface area (TPSA) is 64.9 Å². The number of pyridine rings is 1. The Morgan fingerprint density at radius 2 is 1.96 bits per heavy atom. The van der Waals surface area contributed by atoms with Gasteiger partial charge in [-0.2, -0.15) is 0 Å². The molecule has 0 unspecified atom stereocenters. The first-order valence-corrected chi connectivity index (χ1v) is 9.10. The normalized spacial score (nSPS) is 10.8. The van der Waals surface area contributed by atoms with Gasteiger partial charge in [-0.05, 0) is 42.7 Å². The zero-order valence-corrected chi connectivity index (χ0v) is 16.3. The van der Waals surface area contributed by atoms with Crippen molar-refractivity contribution in [2.24, 2.45) is 0 Å². The van der Waals surface area contributed by atoms with E-state index in [2.05, 4.69) is 10.3 Å². The number of aryl methyl sites for hydroxylation is 1. The molecule has 0 radical (unpaired) electrons. The van der Waals surface area contributed by atoms with Crippen LogP contribution in [0.4, 0.5) is 0 Å². The van der Waals surface area contributed by atoms with Crippen molar-refractivity contribution in [3.8, 4) is 11.5 Å². The highest BCUT2D eigenvalue weighted by Gasteiger charge is 2.18. The van der Waals surface area contributed by atoms with Crippen LogP contribution in [0.25, 0.3) is 5.65 Å². The largest absolute Gasteiger partial charge is 0.493 e. The maximum Gasteiger partial charge on any atom is 0.270 e. The summed E-state index contributed by atoms with van der Waals surface area (Å²) < 4.78 is 12.3. The number of imidazole rings is 1. The van der Waals surface area contributed by atoms with E-state index in [0.717, 1.165) is 11.3 Å². The molecule has 0 aliphatic rings. The summed E-state index contributed by atoms with van der Waals surface area (Å²) in [5.41, 5.74) is 3.04. The lowest BCUT2D eigenvalue weighted by atomic mass is 10.1. The fourth-order valence-electron chi connectivity index (χ4n) is 2.99. The van der Waals surface area contributed by atoms with E-state index in [4.69, 9.17) is 21.1 Å². The summed E-state index contributed by atoms with van der Waals surface area (Å²) >= 11 is 6.08. The van der Waals surface area contributed by atoms with E-state index in [9.17, 15) is 4.79 Å². The molecule has 3 rings (SSSR count). The molecule has 6 nitrogen and oxygen atoms in total. The molecule has 0 saturated heterocycles. The second kappa shape index (κ2) is 8.31. The SMILES string of the molecule is CCc1nc2ccc(Cl)cn2c1C(=O)NCCc1ccc(OC)c(OC)c1. The van der Waals surface area contributed by atoms with E-state index >= 15 is 0 Å². The highest BCUT2D eigenvalue weighted by atomic mass is 35.5. The minimum Gasteiger partial charge on any atom is -0.493 e. The zero-order chi connectivity index (χ0) is 19.4. The van der Waals surface area contributed by atoms with Gasteiger partial charge in [0.2, 0.25) is 0 Å². The molecule has 2 heterocycles. The third-order valence-electron chi connectivity index (χ3n) is 4.35. The fraction of sp³-hybridized carbons (Fsp3) is 0.300. The number of carbonyl (C=O) groups excluding carboxylic acids is 1. The Balaban J connectivity index is 1.73. The summed E-state index contributed by atoms with van der Waals surface area (Å²) in [7, 11) is 3.21. The van der Waals surface area contributed by atoms with Crippen molar-refractivity contribution in [2.75, 3.05) is 20.8 Å². The van der Waals surface area contributed by atoms with Crippen molar-refractivity contribution in [1.29, 1.82) is 0 Å². The van der Waals surface area contributed by atoms with Gasteiger partial charge in [0, 0.05) is 12.7 Å². The van der Waals surface area contributed by atoms with Crippen molar-refractivity contribution in [3.05, 3.63) is 58.5 Å². The molecule has 0 aliphatic heterocycles. The van der Waals surface area contributed by atoms with Gasteiger partial charge in [-0.15, -0.1) is 0 Å². The van der Waals surface area contributed by atoms with Gasteiger partial charge in [-0.3, -0.25) is 9.20 Å². The summed E-state index contributed by atoms with van der Waals surface area (Å²) in [6.07, 6.45) is 3.05. The number of nitrogens with one attached hydrogen (secondary N) is 1. The van der Waals surface area contributed by atoms with E-state index in [1.165, 1.54) is 0 Å². The van der Waals surface area contributed by atoms with Gasteiger partial charge in [0.05, 0.1) is 24.9 Å². The number of ether oxygens (including phenoxy) is 2. The number of halogens is 1. The maximum atomic E-state index is 12.8. The van der Waals surface area contributed by atoms with Gasteiger partial charge >= 0.3 is 0 Å². The molecule has 0 atom stereocenters. The van der Waals surface area contributed by atoms with Crippen molar-refractivity contribution in [1.82, 2.24) is 14.7 Å². The summed E-state index contributed by atoms with van der Waals surface area (Å²) in [4.78, 5) is 17.3. The Labute approximate surface area is 163 Å². The summed E-state index contributed by atoms with van der Waals surface area (Å²) in [5, 5.41) is 3.53. The van der Waals surface area contributed by atoms with Crippen LogP contribution in [0.15, 0.2) is 36.5 Å². The number of rotatable bonds is 7. The molecule has 7 heteroatoms. The number of benzene rings is 1. The van der Waals surface area contributed by atoms with E-state index in [-0.39, 0.29) is 5.91 Å². The monoisotopic (exact) mass is 387 g/mol. The van der Waals surface area contributed by atoms with E-state index in [0.29, 0.717) is 47.2 Å². The Morgan fingerprint density at radius 3 is 2.67 bits per heavy atom. The van der Waals surface area contributed by atoms with Crippen LogP contribution < -0.4 is 14.8 Å². The first-order valence-electron chi connectivity index (χ1n) is 8.73. The third-order valence-corrected chi connectivity index (χ3v) is 4.58. The van der Waals surface area contributed by atoms with Gasteiger partial charge < -0.3 is 14.8 Å². The van der Waals surface area contributed by atoms with Crippen LogP contribution in [0, 0.1) is 0 Å². The summed E-state index contributed by atoms with van der Waals surface area (Å²) in [5.74, 6) is 1.19. The van der Waals surface area contributed by atoms with Gasteiger partial charge in [0.15, 0.2) is 11.5 Å². The Hall–Kier alpha value is -2.73. The van der Waals surface area contributed by atoms with Gasteiger partial charge in [-0.25, -0.2) is 4.98 Å². The van der Waals surface area contributed by atoms with Crippen molar-refractivity contribution in [2.45, 2.75) is 19.8 Å². The van der Waals surface area contributed by atoms with Crippen LogP contribution in [-0.2, 0) is 12.8 Å². The van der Waals surface area contributed by atoms with Crippen molar-refractivity contribution >= 4 is 23.2 Å². The minimum absolute atomic E-state index is 0.165. The summed E-state index contributed by atoms with van der Waals surface area (Å²) in [6, 6.07) is 9.30. The standard InChI is InChI=1S/C20H22ClN3O3/c1-4-15-19(24-12-14(21)6-8-18(24)23-15)20(25)22-10-9-13-5-7-16(26-2)17(11-13)27-3/h5-8,11-12H,4,9-10H2,1-3H3,(H,22,25).